The predicted octanol–water partition coefficient (Wildman–Crippen LogP) is 3.41. The molecule has 0 nitrogen and oxygen atoms in total. The molecule has 0 aromatic heterocycles. The van der Waals surface area contributed by atoms with Crippen LogP contribution in [0.1, 0.15) is 63.8 Å². The van der Waals surface area contributed by atoms with Crippen molar-refractivity contribution in [1.82, 2.24) is 0 Å². The van der Waals surface area contributed by atoms with Crippen molar-refractivity contribution in [2.24, 2.45) is 11.8 Å². The van der Waals surface area contributed by atoms with Crippen LogP contribution in [0.4, 0.5) is 0 Å². The summed E-state index contributed by atoms with van der Waals surface area (Å²) in [5, 5.41) is 3.03. The van der Waals surface area contributed by atoms with Crippen LogP contribution < -0.4 is 35.2 Å². The normalized spacial score (nSPS) is 16.1. The molecule has 0 saturated heterocycles. The van der Waals surface area contributed by atoms with Crippen molar-refractivity contribution in [3.8, 4) is 0 Å². The van der Waals surface area contributed by atoms with E-state index in [0.29, 0.717) is 11.8 Å². The van der Waals surface area contributed by atoms with Gasteiger partial charge in [0.05, 0.1) is 0 Å². The second kappa shape index (κ2) is 20.0. The van der Waals surface area contributed by atoms with E-state index in [-0.39, 0.29) is 24.8 Å². The van der Waals surface area contributed by atoms with Crippen LogP contribution in [0.2, 0.25) is 0 Å². The van der Waals surface area contributed by atoms with Crippen molar-refractivity contribution in [1.29, 1.82) is 0 Å². The maximum atomic E-state index is 3.43. The molecule has 46 heavy (non-hydrogen) atoms. The Morgan fingerprint density at radius 1 is 0.565 bits per heavy atom. The molecule has 0 spiro atoms. The molecule has 0 amide bonds. The Bertz CT molecular complexity index is 1560. The van der Waals surface area contributed by atoms with Gasteiger partial charge in [-0.3, -0.25) is 12.2 Å². The van der Waals surface area contributed by atoms with Crippen LogP contribution in [0.25, 0.3) is 11.1 Å². The summed E-state index contributed by atoms with van der Waals surface area (Å²) in [5.41, 5.74) is 10.3. The molecule has 2 unspecified atom stereocenters. The molecular weight excluding hydrogens is 695 g/mol. The van der Waals surface area contributed by atoms with Gasteiger partial charge in [-0.05, 0) is 24.0 Å². The summed E-state index contributed by atoms with van der Waals surface area (Å²) in [6.45, 7) is 13.0. The number of aryl methyl sites for hydroxylation is 2. The standard InChI is InChI=1S/2C15H17.C12H10Si.2ClH.Zr/c2*1-4-13-6-5-7-14(10-13)15-9-11(2)8-12(15)3;1-3-7-11(8-4-1)13-12-9-5-2-6-10-12;;;/h2*5-7,9-11H,4H2,1-3H3;1-10H;2*1H;/q2*-1;;;;+2/p-2. The quantitative estimate of drug-likeness (QED) is 0.211. The first-order chi connectivity index (χ1) is 21.3. The van der Waals surface area contributed by atoms with Gasteiger partial charge in [-0.1, -0.05) is 102 Å². The second-order valence-corrected chi connectivity index (χ2v) is 17.1. The van der Waals surface area contributed by atoms with Gasteiger partial charge in [0.25, 0.3) is 0 Å². The van der Waals surface area contributed by atoms with Crippen LogP contribution in [0.15, 0.2) is 132 Å². The summed E-state index contributed by atoms with van der Waals surface area (Å²) < 4.78 is 0. The molecule has 2 atom stereocenters. The predicted molar refractivity (Wildman–Crippen MR) is 189 cm³/mol. The van der Waals surface area contributed by atoms with E-state index in [9.17, 15) is 0 Å². The van der Waals surface area contributed by atoms with Gasteiger partial charge in [0.15, 0.2) is 0 Å². The van der Waals surface area contributed by atoms with E-state index in [4.69, 9.17) is 0 Å². The Morgan fingerprint density at radius 3 is 1.24 bits per heavy atom. The van der Waals surface area contributed by atoms with Crippen LogP contribution in [0.3, 0.4) is 0 Å². The van der Waals surface area contributed by atoms with Gasteiger partial charge in [0.2, 0.25) is 0 Å². The maximum absolute atomic E-state index is 3.43. The Kier molecular flexibility index (Phi) is 17.3. The van der Waals surface area contributed by atoms with Crippen LogP contribution in [-0.2, 0) is 36.2 Å². The molecule has 2 aliphatic carbocycles. The number of allylic oxidation sites excluding steroid dienone is 8. The van der Waals surface area contributed by atoms with E-state index in [1.807, 2.05) is 0 Å². The topological polar surface area (TPSA) is 0 Å². The third-order valence-electron chi connectivity index (χ3n) is 7.95. The number of benzene rings is 4. The van der Waals surface area contributed by atoms with E-state index < -0.39 is 5.43 Å². The summed E-state index contributed by atoms with van der Waals surface area (Å²) in [6, 6.07) is 39.3. The van der Waals surface area contributed by atoms with Gasteiger partial charge in [0.1, 0.15) is 0 Å². The van der Waals surface area contributed by atoms with Crippen molar-refractivity contribution < 1.29 is 48.1 Å². The number of hydrogen-bond donors (Lipinski definition) is 0. The van der Waals surface area contributed by atoms with E-state index >= 15 is 0 Å². The Labute approximate surface area is 306 Å². The summed E-state index contributed by atoms with van der Waals surface area (Å²) >= 11 is 1.64. The molecule has 0 aliphatic heterocycles. The first kappa shape index (κ1) is 39.7. The van der Waals surface area contributed by atoms with E-state index in [2.05, 4.69) is 175 Å². The Morgan fingerprint density at radius 2 is 0.935 bits per heavy atom. The molecule has 0 saturated carbocycles. The van der Waals surface area contributed by atoms with Crippen LogP contribution >= 0.6 is 0 Å². The van der Waals surface area contributed by atoms with Crippen molar-refractivity contribution >= 4 is 27.0 Å². The summed E-state index contributed by atoms with van der Waals surface area (Å²) in [5.74, 6) is 0.926. The molecule has 0 radical (unpaired) electrons. The SMILES string of the molecule is CCc1cccc(C2=CC(C)[C-]=C2C)c1.CCc1cccc(C2=CC(C)[C-]=C2C)c1.[Cl-].[Cl-].[Zr+2]=[Si](c1ccccc1)c1ccccc1. The van der Waals surface area contributed by atoms with Crippen molar-refractivity contribution in [3.05, 3.63) is 167 Å². The molecule has 236 valence electrons. The van der Waals surface area contributed by atoms with Gasteiger partial charge in [-0.2, -0.15) is 23.3 Å². The van der Waals surface area contributed by atoms with Gasteiger partial charge < -0.3 is 24.8 Å². The fraction of sp³-hybridized carbons (Fsp3) is 0.238. The summed E-state index contributed by atoms with van der Waals surface area (Å²) in [6.07, 6.45) is 13.6. The van der Waals surface area contributed by atoms with Crippen LogP contribution in [0.5, 0.6) is 0 Å². The third kappa shape index (κ3) is 11.3. The van der Waals surface area contributed by atoms with Crippen molar-refractivity contribution in [2.45, 2.75) is 54.4 Å². The molecule has 6 rings (SSSR count). The Balaban J connectivity index is 0.000000235. The molecule has 0 fully saturated rings. The van der Waals surface area contributed by atoms with Crippen LogP contribution in [-0.4, -0.2) is 5.43 Å². The number of hydrogen-bond acceptors (Lipinski definition) is 0. The fourth-order valence-corrected chi connectivity index (χ4v) is 9.43. The zero-order valence-electron chi connectivity index (χ0n) is 27.9. The minimum atomic E-state index is -0.455. The molecular formula is C42H44Cl2SiZr-2. The van der Waals surface area contributed by atoms with Gasteiger partial charge in [-0.25, -0.2) is 11.1 Å². The summed E-state index contributed by atoms with van der Waals surface area (Å²) in [7, 11) is 0. The molecule has 0 bridgehead atoms. The third-order valence-corrected chi connectivity index (χ3v) is 14.0. The van der Waals surface area contributed by atoms with E-state index in [0.717, 1.165) is 12.8 Å². The second-order valence-electron chi connectivity index (χ2n) is 11.5. The molecule has 4 heteroatoms. The first-order valence-corrected chi connectivity index (χ1v) is 21.0. The molecule has 4 aromatic carbocycles. The Hall–Kier alpha value is -2.48. The molecule has 4 aromatic rings. The number of halogens is 2. The zero-order valence-corrected chi connectivity index (χ0v) is 32.8. The summed E-state index contributed by atoms with van der Waals surface area (Å²) in [4.78, 5) is 0. The molecule has 0 heterocycles. The molecule has 0 N–H and O–H groups in total. The van der Waals surface area contributed by atoms with Crippen molar-refractivity contribution in [2.75, 3.05) is 0 Å². The fourth-order valence-electron chi connectivity index (χ4n) is 5.59. The molecule has 2 aliphatic rings. The van der Waals surface area contributed by atoms with Gasteiger partial charge >= 0.3 is 99.8 Å². The first-order valence-electron chi connectivity index (χ1n) is 15.8. The van der Waals surface area contributed by atoms with E-state index in [1.165, 1.54) is 54.9 Å². The van der Waals surface area contributed by atoms with Gasteiger partial charge in [-0.15, -0.1) is 11.1 Å². The average Bonchev–Trinajstić information content (AvgIpc) is 3.60. The van der Waals surface area contributed by atoms with Crippen molar-refractivity contribution in [3.63, 3.8) is 0 Å². The van der Waals surface area contributed by atoms with Crippen LogP contribution in [0, 0.1) is 24.0 Å². The monoisotopic (exact) mass is 736 g/mol. The number of rotatable bonds is 6. The minimum absolute atomic E-state index is 0. The zero-order chi connectivity index (χ0) is 31.5. The van der Waals surface area contributed by atoms with E-state index in [1.54, 1.807) is 23.3 Å². The average molecular weight is 739 g/mol. The van der Waals surface area contributed by atoms with Gasteiger partial charge in [0, 0.05) is 0 Å².